The Morgan fingerprint density at radius 3 is 2.36 bits per heavy atom. The minimum absolute atomic E-state index is 0.141. The fourth-order valence-electron chi connectivity index (χ4n) is 3.57. The van der Waals surface area contributed by atoms with Crippen LogP contribution in [0.4, 0.5) is 14.9 Å². The van der Waals surface area contributed by atoms with E-state index in [-0.39, 0.29) is 17.9 Å². The smallest absolute Gasteiger partial charge is 0.317 e. The highest BCUT2D eigenvalue weighted by Crippen LogP contribution is 2.24. The first-order valence-corrected chi connectivity index (χ1v) is 9.44. The number of rotatable bonds is 4. The van der Waals surface area contributed by atoms with Crippen LogP contribution in [0.5, 0.6) is 0 Å². The molecule has 1 aromatic heterocycles. The lowest BCUT2D eigenvalue weighted by molar-refractivity contribution is 0.101. The molecule has 6 nitrogen and oxygen atoms in total. The van der Waals surface area contributed by atoms with Crippen LogP contribution < -0.4 is 10.2 Å². The van der Waals surface area contributed by atoms with E-state index >= 15 is 0 Å². The third kappa shape index (κ3) is 4.18. The monoisotopic (exact) mass is 387 g/mol. The Balaban J connectivity index is 1.58. The number of nitrogens with zero attached hydrogens (tertiary/aromatic N) is 2. The highest BCUT2D eigenvalue weighted by atomic mass is 19.1. The summed E-state index contributed by atoms with van der Waals surface area (Å²) in [5, 5.41) is 3.00. The SMILES string of the molecule is CC(=O)c1ccc(N2CCN(C(=O)N[C@H](C)c3cc(C)oc3C)CC2)c(F)c1. The van der Waals surface area contributed by atoms with Crippen LogP contribution in [0.3, 0.4) is 0 Å². The number of hydrogen-bond acceptors (Lipinski definition) is 4. The standard InChI is InChI=1S/C21H26FN3O3/c1-13-11-18(16(4)28-13)14(2)23-21(27)25-9-7-24(8-10-25)20-6-5-17(15(3)26)12-19(20)22/h5-6,11-12,14H,7-10H2,1-4H3,(H,23,27)/t14-/m1/s1. The first-order valence-electron chi connectivity index (χ1n) is 9.44. The molecular weight excluding hydrogens is 361 g/mol. The number of piperazine rings is 1. The Labute approximate surface area is 164 Å². The van der Waals surface area contributed by atoms with Gasteiger partial charge in [-0.15, -0.1) is 0 Å². The Bertz CT molecular complexity index is 885. The number of hydrogen-bond donors (Lipinski definition) is 1. The second kappa shape index (κ2) is 8.04. The van der Waals surface area contributed by atoms with Crippen molar-refractivity contribution in [2.45, 2.75) is 33.7 Å². The van der Waals surface area contributed by atoms with E-state index in [0.717, 1.165) is 17.1 Å². The fourth-order valence-corrected chi connectivity index (χ4v) is 3.57. The lowest BCUT2D eigenvalue weighted by Crippen LogP contribution is -2.52. The predicted octanol–water partition coefficient (Wildman–Crippen LogP) is 3.83. The van der Waals surface area contributed by atoms with E-state index in [1.54, 1.807) is 17.0 Å². The maximum atomic E-state index is 14.4. The molecule has 1 atom stereocenters. The van der Waals surface area contributed by atoms with Crippen LogP contribution in [0, 0.1) is 19.7 Å². The number of Topliss-reactive ketones (excluding diaryl/α,β-unsaturated/α-hetero) is 1. The van der Waals surface area contributed by atoms with Crippen molar-refractivity contribution in [3.8, 4) is 0 Å². The van der Waals surface area contributed by atoms with Gasteiger partial charge in [-0.3, -0.25) is 4.79 Å². The molecule has 1 fully saturated rings. The number of furan rings is 1. The lowest BCUT2D eigenvalue weighted by atomic mass is 10.1. The van der Waals surface area contributed by atoms with E-state index in [2.05, 4.69) is 5.32 Å². The molecule has 1 aliphatic heterocycles. The van der Waals surface area contributed by atoms with E-state index in [1.807, 2.05) is 31.7 Å². The van der Waals surface area contributed by atoms with Gasteiger partial charge in [-0.2, -0.15) is 0 Å². The quantitative estimate of drug-likeness (QED) is 0.810. The molecule has 1 N–H and O–H groups in total. The Hall–Kier alpha value is -2.83. The van der Waals surface area contributed by atoms with Gasteiger partial charge in [-0.1, -0.05) is 0 Å². The van der Waals surface area contributed by atoms with E-state index in [0.29, 0.717) is 37.4 Å². The van der Waals surface area contributed by atoms with Gasteiger partial charge in [0.1, 0.15) is 17.3 Å². The van der Waals surface area contributed by atoms with Gasteiger partial charge in [0.05, 0.1) is 11.7 Å². The van der Waals surface area contributed by atoms with Gasteiger partial charge in [0.2, 0.25) is 0 Å². The fraction of sp³-hybridized carbons (Fsp3) is 0.429. The van der Waals surface area contributed by atoms with Gasteiger partial charge in [-0.05, 0) is 52.0 Å². The number of benzene rings is 1. The average Bonchev–Trinajstić information content (AvgIpc) is 3.00. The second-order valence-electron chi connectivity index (χ2n) is 7.24. The number of aryl methyl sites for hydroxylation is 2. The predicted molar refractivity (Wildman–Crippen MR) is 105 cm³/mol. The summed E-state index contributed by atoms with van der Waals surface area (Å²) in [7, 11) is 0. The summed E-state index contributed by atoms with van der Waals surface area (Å²) in [5.41, 5.74) is 1.79. The number of halogens is 1. The van der Waals surface area contributed by atoms with E-state index < -0.39 is 5.82 Å². The van der Waals surface area contributed by atoms with Crippen molar-refractivity contribution in [2.75, 3.05) is 31.1 Å². The van der Waals surface area contributed by atoms with Gasteiger partial charge < -0.3 is 19.5 Å². The molecule has 1 aliphatic rings. The van der Waals surface area contributed by atoms with Crippen molar-refractivity contribution >= 4 is 17.5 Å². The van der Waals surface area contributed by atoms with Crippen molar-refractivity contribution in [3.63, 3.8) is 0 Å². The average molecular weight is 387 g/mol. The molecular formula is C21H26FN3O3. The van der Waals surface area contributed by atoms with Crippen molar-refractivity contribution in [1.82, 2.24) is 10.2 Å². The summed E-state index contributed by atoms with van der Waals surface area (Å²) in [5.74, 6) is 1.05. The molecule has 2 aromatic rings. The highest BCUT2D eigenvalue weighted by molar-refractivity contribution is 5.94. The zero-order valence-electron chi connectivity index (χ0n) is 16.7. The molecule has 0 radical (unpaired) electrons. The molecule has 150 valence electrons. The summed E-state index contributed by atoms with van der Waals surface area (Å²) in [6.45, 7) is 9.16. The van der Waals surface area contributed by atoms with Crippen molar-refractivity contribution in [1.29, 1.82) is 0 Å². The summed E-state index contributed by atoms with van der Waals surface area (Å²) in [4.78, 5) is 27.6. The first-order chi connectivity index (χ1) is 13.3. The van der Waals surface area contributed by atoms with Crippen molar-refractivity contribution in [3.05, 3.63) is 52.7 Å². The normalized spacial score (nSPS) is 15.5. The first kappa shape index (κ1) is 19.9. The summed E-state index contributed by atoms with van der Waals surface area (Å²) in [6, 6.07) is 6.18. The number of amides is 2. The zero-order chi connectivity index (χ0) is 20.4. The van der Waals surface area contributed by atoms with Gasteiger partial charge in [0.25, 0.3) is 0 Å². The maximum absolute atomic E-state index is 14.4. The van der Waals surface area contributed by atoms with Gasteiger partial charge in [0, 0.05) is 37.3 Å². The highest BCUT2D eigenvalue weighted by Gasteiger charge is 2.25. The minimum Gasteiger partial charge on any atom is -0.466 e. The topological polar surface area (TPSA) is 65.8 Å². The number of ketones is 1. The van der Waals surface area contributed by atoms with E-state index in [1.165, 1.54) is 13.0 Å². The molecule has 0 spiro atoms. The van der Waals surface area contributed by atoms with Crippen LogP contribution >= 0.6 is 0 Å². The number of carbonyl (C=O) groups is 2. The molecule has 2 amide bonds. The molecule has 0 bridgehead atoms. The molecule has 2 heterocycles. The number of carbonyl (C=O) groups excluding carboxylic acids is 2. The third-order valence-electron chi connectivity index (χ3n) is 5.15. The Morgan fingerprint density at radius 1 is 1.14 bits per heavy atom. The second-order valence-corrected chi connectivity index (χ2v) is 7.24. The number of anilines is 1. The molecule has 0 aliphatic carbocycles. The van der Waals surface area contributed by atoms with Crippen LogP contribution in [0.2, 0.25) is 0 Å². The van der Waals surface area contributed by atoms with Crippen molar-refractivity contribution < 1.29 is 18.4 Å². The maximum Gasteiger partial charge on any atom is 0.317 e. The molecule has 3 rings (SSSR count). The Morgan fingerprint density at radius 2 is 1.82 bits per heavy atom. The zero-order valence-corrected chi connectivity index (χ0v) is 16.7. The van der Waals surface area contributed by atoms with Gasteiger partial charge >= 0.3 is 6.03 Å². The van der Waals surface area contributed by atoms with Gasteiger partial charge in [-0.25, -0.2) is 9.18 Å². The number of nitrogens with one attached hydrogen (secondary N) is 1. The van der Waals surface area contributed by atoms with Crippen LogP contribution in [0.15, 0.2) is 28.7 Å². The summed E-state index contributed by atoms with van der Waals surface area (Å²) < 4.78 is 19.9. The van der Waals surface area contributed by atoms with Gasteiger partial charge in [0.15, 0.2) is 5.78 Å². The largest absolute Gasteiger partial charge is 0.466 e. The van der Waals surface area contributed by atoms with Crippen LogP contribution in [-0.4, -0.2) is 42.9 Å². The molecule has 1 aromatic carbocycles. The lowest BCUT2D eigenvalue weighted by Gasteiger charge is -2.36. The molecule has 28 heavy (non-hydrogen) atoms. The molecule has 7 heteroatoms. The minimum atomic E-state index is -0.412. The third-order valence-corrected chi connectivity index (χ3v) is 5.15. The molecule has 0 unspecified atom stereocenters. The summed E-state index contributed by atoms with van der Waals surface area (Å²) >= 11 is 0. The summed E-state index contributed by atoms with van der Waals surface area (Å²) in [6.07, 6.45) is 0. The van der Waals surface area contributed by atoms with E-state index in [4.69, 9.17) is 4.42 Å². The van der Waals surface area contributed by atoms with Crippen LogP contribution in [0.1, 0.15) is 47.3 Å². The molecule has 1 saturated heterocycles. The van der Waals surface area contributed by atoms with Crippen molar-refractivity contribution in [2.24, 2.45) is 0 Å². The Kier molecular flexibility index (Phi) is 5.72. The number of urea groups is 1. The molecule has 0 saturated carbocycles. The van der Waals surface area contributed by atoms with Crippen LogP contribution in [0.25, 0.3) is 0 Å². The van der Waals surface area contributed by atoms with Crippen LogP contribution in [-0.2, 0) is 0 Å². The van der Waals surface area contributed by atoms with E-state index in [9.17, 15) is 14.0 Å².